The van der Waals surface area contributed by atoms with E-state index in [1.165, 1.54) is 0 Å². The molecular weight excluding hydrogens is 211 g/mol. The summed E-state index contributed by atoms with van der Waals surface area (Å²) >= 11 is 11.1. The van der Waals surface area contributed by atoms with Crippen molar-refractivity contribution >= 4 is 29.2 Å². The Morgan fingerprint density at radius 2 is 1.77 bits per heavy atom. The summed E-state index contributed by atoms with van der Waals surface area (Å²) in [4.78, 5) is 9.84. The van der Waals surface area contributed by atoms with Crippen molar-refractivity contribution in [3.8, 4) is 0 Å². The first-order chi connectivity index (χ1) is 6.13. The van der Waals surface area contributed by atoms with E-state index in [2.05, 4.69) is 0 Å². The Balaban J connectivity index is 2.96. The van der Waals surface area contributed by atoms with Gasteiger partial charge in [0.25, 0.3) is 0 Å². The van der Waals surface area contributed by atoms with E-state index in [1.807, 2.05) is 0 Å². The third-order valence-electron chi connectivity index (χ3n) is 1.68. The topological polar surface area (TPSA) is 37.3 Å². The van der Waals surface area contributed by atoms with Gasteiger partial charge in [-0.15, -0.1) is 23.2 Å². The molecule has 0 radical (unpaired) electrons. The number of rotatable bonds is 3. The van der Waals surface area contributed by atoms with Crippen LogP contribution in [0.5, 0.6) is 0 Å². The van der Waals surface area contributed by atoms with Crippen molar-refractivity contribution in [2.45, 2.75) is 10.8 Å². The maximum atomic E-state index is 10.8. The molecule has 2 nitrogen and oxygen atoms in total. The number of benzene rings is 1. The summed E-state index contributed by atoms with van der Waals surface area (Å²) in [6.07, 6.45) is 0. The zero-order valence-electron chi connectivity index (χ0n) is 6.65. The first-order valence-electron chi connectivity index (χ1n) is 3.69. The Morgan fingerprint density at radius 3 is 2.15 bits per heavy atom. The van der Waals surface area contributed by atoms with Gasteiger partial charge in [-0.2, -0.15) is 0 Å². The van der Waals surface area contributed by atoms with Gasteiger partial charge in [0.15, 0.2) is 0 Å². The van der Waals surface area contributed by atoms with Gasteiger partial charge >= 0.3 is 5.97 Å². The molecule has 1 rings (SSSR count). The molecular formula is C9H8Cl2O2. The van der Waals surface area contributed by atoms with E-state index in [1.54, 1.807) is 30.3 Å². The molecule has 1 N–H and O–H groups in total. The third kappa shape index (κ3) is 2.61. The van der Waals surface area contributed by atoms with Crippen LogP contribution in [0.3, 0.4) is 0 Å². The van der Waals surface area contributed by atoms with Crippen LogP contribution in [-0.4, -0.2) is 15.9 Å². The lowest BCUT2D eigenvalue weighted by Gasteiger charge is -2.12. The summed E-state index contributed by atoms with van der Waals surface area (Å²) in [7, 11) is 0. The lowest BCUT2D eigenvalue weighted by molar-refractivity contribution is -0.138. The van der Waals surface area contributed by atoms with Crippen LogP contribution in [0.4, 0.5) is 0 Å². The Morgan fingerprint density at radius 1 is 1.23 bits per heavy atom. The fourth-order valence-electron chi connectivity index (χ4n) is 1.06. The lowest BCUT2D eigenvalue weighted by Crippen LogP contribution is -2.17. The summed E-state index contributed by atoms with van der Waals surface area (Å²) in [5.74, 6) is -1.87. The highest BCUT2D eigenvalue weighted by atomic mass is 35.5. The quantitative estimate of drug-likeness (QED) is 0.793. The zero-order valence-corrected chi connectivity index (χ0v) is 8.16. The molecule has 0 aliphatic heterocycles. The molecule has 0 bridgehead atoms. The molecule has 0 spiro atoms. The van der Waals surface area contributed by atoms with E-state index in [0.717, 1.165) is 0 Å². The normalized spacial score (nSPS) is 12.8. The van der Waals surface area contributed by atoms with Crippen molar-refractivity contribution in [2.24, 2.45) is 0 Å². The van der Waals surface area contributed by atoms with Gasteiger partial charge in [0.2, 0.25) is 0 Å². The van der Waals surface area contributed by atoms with Gasteiger partial charge in [-0.25, -0.2) is 0 Å². The molecule has 0 aliphatic rings. The molecule has 0 amide bonds. The Labute approximate surface area is 86.1 Å². The second-order valence-corrected chi connectivity index (χ2v) is 3.72. The van der Waals surface area contributed by atoms with Gasteiger partial charge in [-0.05, 0) is 5.56 Å². The fourth-order valence-corrected chi connectivity index (χ4v) is 1.56. The Hall–Kier alpha value is -0.730. The van der Waals surface area contributed by atoms with Crippen LogP contribution in [0, 0.1) is 0 Å². The second-order valence-electron chi connectivity index (χ2n) is 2.56. The highest BCUT2D eigenvalue weighted by Crippen LogP contribution is 2.26. The summed E-state index contributed by atoms with van der Waals surface area (Å²) in [5, 5.41) is 8.83. The van der Waals surface area contributed by atoms with Crippen LogP contribution in [-0.2, 0) is 4.79 Å². The Bertz CT molecular complexity index is 285. The largest absolute Gasteiger partial charge is 0.481 e. The molecule has 4 heteroatoms. The van der Waals surface area contributed by atoms with Crippen molar-refractivity contribution in [1.82, 2.24) is 0 Å². The number of aliphatic carboxylic acids is 1. The minimum Gasteiger partial charge on any atom is -0.481 e. The average Bonchev–Trinajstić information content (AvgIpc) is 2.04. The predicted molar refractivity (Wildman–Crippen MR) is 52.3 cm³/mol. The van der Waals surface area contributed by atoms with E-state index in [0.29, 0.717) is 5.56 Å². The van der Waals surface area contributed by atoms with Crippen molar-refractivity contribution in [2.75, 3.05) is 0 Å². The van der Waals surface area contributed by atoms with Crippen molar-refractivity contribution in [3.05, 3.63) is 35.9 Å². The van der Waals surface area contributed by atoms with Gasteiger partial charge in [0.05, 0.1) is 0 Å². The standard InChI is InChI=1S/C9H8Cl2O2/c10-8(11)7(9(12)13)6-4-2-1-3-5-6/h1-5,7-8H,(H,12,13). The number of hydrogen-bond acceptors (Lipinski definition) is 1. The van der Waals surface area contributed by atoms with Crippen LogP contribution in [0.25, 0.3) is 0 Å². The number of hydrogen-bond donors (Lipinski definition) is 1. The zero-order chi connectivity index (χ0) is 9.84. The van der Waals surface area contributed by atoms with Gasteiger partial charge in [0.1, 0.15) is 10.8 Å². The number of carboxylic acid groups (broad SMARTS) is 1. The van der Waals surface area contributed by atoms with Crippen molar-refractivity contribution < 1.29 is 9.90 Å². The monoisotopic (exact) mass is 218 g/mol. The molecule has 0 aliphatic carbocycles. The minimum absolute atomic E-state index is 0.616. The van der Waals surface area contributed by atoms with Crippen LogP contribution in [0.1, 0.15) is 11.5 Å². The van der Waals surface area contributed by atoms with Gasteiger partial charge in [-0.1, -0.05) is 30.3 Å². The lowest BCUT2D eigenvalue weighted by atomic mass is 10.0. The van der Waals surface area contributed by atoms with Gasteiger partial charge in [-0.3, -0.25) is 4.79 Å². The van der Waals surface area contributed by atoms with E-state index in [-0.39, 0.29) is 0 Å². The number of halogens is 2. The van der Waals surface area contributed by atoms with Crippen LogP contribution < -0.4 is 0 Å². The minimum atomic E-state index is -1.01. The fraction of sp³-hybridized carbons (Fsp3) is 0.222. The maximum absolute atomic E-state index is 10.8. The van der Waals surface area contributed by atoms with Crippen molar-refractivity contribution in [3.63, 3.8) is 0 Å². The number of alkyl halides is 2. The summed E-state index contributed by atoms with van der Waals surface area (Å²) in [6, 6.07) is 8.69. The number of carboxylic acids is 1. The highest BCUT2D eigenvalue weighted by Gasteiger charge is 2.26. The summed E-state index contributed by atoms with van der Waals surface area (Å²) in [5.41, 5.74) is 0.616. The molecule has 0 fully saturated rings. The SMILES string of the molecule is O=C(O)C(c1ccccc1)C(Cl)Cl. The first kappa shape index (κ1) is 10.4. The smallest absolute Gasteiger partial charge is 0.313 e. The van der Waals surface area contributed by atoms with Crippen LogP contribution >= 0.6 is 23.2 Å². The summed E-state index contributed by atoms with van der Waals surface area (Å²) in [6.45, 7) is 0. The van der Waals surface area contributed by atoms with E-state index < -0.39 is 16.7 Å². The predicted octanol–water partition coefficient (Wildman–Crippen LogP) is 2.66. The molecule has 70 valence electrons. The molecule has 0 heterocycles. The van der Waals surface area contributed by atoms with Crippen LogP contribution in [0.2, 0.25) is 0 Å². The molecule has 0 saturated heterocycles. The van der Waals surface area contributed by atoms with E-state index >= 15 is 0 Å². The molecule has 13 heavy (non-hydrogen) atoms. The molecule has 1 unspecified atom stereocenters. The molecule has 0 aromatic heterocycles. The average molecular weight is 219 g/mol. The van der Waals surface area contributed by atoms with E-state index in [4.69, 9.17) is 28.3 Å². The van der Waals surface area contributed by atoms with Crippen LogP contribution in [0.15, 0.2) is 30.3 Å². The van der Waals surface area contributed by atoms with Gasteiger partial charge in [0, 0.05) is 0 Å². The molecule has 1 aromatic carbocycles. The second kappa shape index (κ2) is 4.49. The molecule has 1 aromatic rings. The first-order valence-corrected chi connectivity index (χ1v) is 4.56. The third-order valence-corrected chi connectivity index (χ3v) is 2.18. The number of carbonyl (C=O) groups is 1. The maximum Gasteiger partial charge on any atom is 0.313 e. The Kier molecular flexibility index (Phi) is 3.58. The molecule has 1 atom stereocenters. The molecule has 0 saturated carbocycles. The van der Waals surface area contributed by atoms with Gasteiger partial charge < -0.3 is 5.11 Å². The van der Waals surface area contributed by atoms with Crippen molar-refractivity contribution in [1.29, 1.82) is 0 Å². The summed E-state index contributed by atoms with van der Waals surface area (Å²) < 4.78 is 0. The van der Waals surface area contributed by atoms with E-state index in [9.17, 15) is 4.79 Å². The highest BCUT2D eigenvalue weighted by molar-refractivity contribution is 6.45.